The summed E-state index contributed by atoms with van der Waals surface area (Å²) < 4.78 is 11.3. The van der Waals surface area contributed by atoms with Crippen LogP contribution < -0.4 is 47.3 Å². The van der Waals surface area contributed by atoms with Crippen molar-refractivity contribution in [3.63, 3.8) is 0 Å². The molecule has 0 saturated carbocycles. The highest BCUT2D eigenvalue weighted by molar-refractivity contribution is 5.99. The van der Waals surface area contributed by atoms with Crippen LogP contribution in [0, 0.1) is 90.0 Å². The molecule has 0 fully saturated rings. The summed E-state index contributed by atoms with van der Waals surface area (Å²) in [6.07, 6.45) is 35.7. The van der Waals surface area contributed by atoms with E-state index in [0.717, 1.165) is 5.82 Å². The highest BCUT2D eigenvalue weighted by Gasteiger charge is 2.34. The van der Waals surface area contributed by atoms with Gasteiger partial charge < -0.3 is 49.0 Å². The molecule has 0 radical (unpaired) electrons. The highest BCUT2D eigenvalue weighted by atomic mass is 15.4. The molecule has 0 N–H and O–H groups in total. The number of anilines is 5. The van der Waals surface area contributed by atoms with Gasteiger partial charge in [-0.2, -0.15) is 18.3 Å². The SMILES string of the molecule is Cc1c(-[n+]2ccccc2C)cc2ccccc2c1N1C=CN(C)[C@H]1C.Cc1c(N2C=CN(C)[C@H]2C)cc(C(C)(C)C)cc1-[n+]1cccnc1C.Cc1c(N2C=CN(C)[C@H]2C)cc2ccccc2c1-[n+]1ccccc1C.Cc1cc(C)c(-[n+]2ccccc2C)c(C)c1N1C=CN(C)[C@H]1C.Cc1cc(N2C=CN(C)[C@H]2C)c(C)c(-[n+]2ccccc2C)c1. The van der Waals surface area contributed by atoms with E-state index < -0.39 is 0 Å². The third kappa shape index (κ3) is 17.1. The minimum atomic E-state index is 0.0758. The summed E-state index contributed by atoms with van der Waals surface area (Å²) in [5.74, 6) is 0.990. The van der Waals surface area contributed by atoms with Gasteiger partial charge in [0.1, 0.15) is 48.9 Å². The summed E-state index contributed by atoms with van der Waals surface area (Å²) in [6, 6.07) is 60.7. The van der Waals surface area contributed by atoms with E-state index in [1.165, 1.54) is 151 Å². The van der Waals surface area contributed by atoms with E-state index in [1.54, 1.807) is 0 Å². The fraction of sp³-hybridized carbons (Fsp3) is 0.308. The molecule has 5 atom stereocenters. The summed E-state index contributed by atoms with van der Waals surface area (Å²) in [6.45, 7) is 46.3. The molecule has 16 nitrogen and oxygen atoms in total. The van der Waals surface area contributed by atoms with Gasteiger partial charge in [-0.05, 0) is 159 Å². The van der Waals surface area contributed by atoms with Crippen LogP contribution in [0.15, 0.2) is 269 Å². The van der Waals surface area contributed by atoms with E-state index >= 15 is 0 Å². The maximum atomic E-state index is 4.47. The first-order valence-corrected chi connectivity index (χ1v) is 42.3. The van der Waals surface area contributed by atoms with Crippen LogP contribution in [0.4, 0.5) is 28.4 Å². The Balaban J connectivity index is 0.000000130. The monoisotopic (exact) mass is 1600 g/mol. The fourth-order valence-corrected chi connectivity index (χ4v) is 17.2. The van der Waals surface area contributed by atoms with Crippen LogP contribution in [0.25, 0.3) is 50.0 Å². The number of aromatic nitrogens is 6. The van der Waals surface area contributed by atoms with Gasteiger partial charge in [-0.15, -0.1) is 0 Å². The summed E-state index contributed by atoms with van der Waals surface area (Å²) >= 11 is 0. The molecule has 0 aliphatic carbocycles. The van der Waals surface area contributed by atoms with Crippen molar-refractivity contribution < 1.29 is 22.8 Å². The Bertz CT molecular complexity index is 5940. The van der Waals surface area contributed by atoms with E-state index in [9.17, 15) is 0 Å². The molecule has 0 spiro atoms. The molecule has 12 aromatic rings. The van der Waals surface area contributed by atoms with Crippen molar-refractivity contribution in [2.45, 2.75) is 182 Å². The lowest BCUT2D eigenvalue weighted by atomic mass is 9.85. The number of aryl methyl sites for hydroxylation is 8. The van der Waals surface area contributed by atoms with Crippen LogP contribution in [-0.2, 0) is 5.41 Å². The van der Waals surface area contributed by atoms with E-state index in [2.05, 4.69) is 514 Å². The smallest absolute Gasteiger partial charge is 0.300 e. The summed E-state index contributed by atoms with van der Waals surface area (Å²) in [5.41, 5.74) is 29.4. The second kappa shape index (κ2) is 35.6. The summed E-state index contributed by atoms with van der Waals surface area (Å²) in [4.78, 5) is 27.4. The average Bonchev–Trinajstić information content (AvgIpc) is 1.25. The second-order valence-electron chi connectivity index (χ2n) is 34.2. The number of hydrogen-bond donors (Lipinski definition) is 0. The Morgan fingerprint density at radius 1 is 0.300 bits per heavy atom. The van der Waals surface area contributed by atoms with Crippen molar-refractivity contribution >= 4 is 50.0 Å². The summed E-state index contributed by atoms with van der Waals surface area (Å²) in [5, 5.41) is 5.12. The van der Waals surface area contributed by atoms with E-state index in [4.69, 9.17) is 0 Å². The van der Waals surface area contributed by atoms with Gasteiger partial charge in [0.15, 0.2) is 47.6 Å². The lowest BCUT2D eigenvalue weighted by Crippen LogP contribution is -2.38. The molecule has 0 saturated heterocycles. The predicted octanol–water partition coefficient (Wildman–Crippen LogP) is 19.7. The van der Waals surface area contributed by atoms with Crippen LogP contribution in [-0.4, -0.2) is 95.6 Å². The molecule has 7 aromatic carbocycles. The minimum Gasteiger partial charge on any atom is -0.359 e. The number of fused-ring (bicyclic) bond motifs is 2. The Labute approximate surface area is 715 Å². The molecule has 0 unspecified atom stereocenters. The molecular formula is C104H127N16+5. The number of hydrogen-bond acceptors (Lipinski definition) is 11. The molecule has 10 heterocycles. The minimum absolute atomic E-state index is 0.0758. The topological polar surface area (TPSA) is 64.7 Å². The Kier molecular flexibility index (Phi) is 25.3. The Hall–Kier alpha value is -12.6. The number of pyridine rings is 4. The normalized spacial score (nSPS) is 17.2. The molecule has 16 heteroatoms. The van der Waals surface area contributed by atoms with E-state index in [-0.39, 0.29) is 5.41 Å². The molecule has 5 aromatic heterocycles. The predicted molar refractivity (Wildman–Crippen MR) is 497 cm³/mol. The van der Waals surface area contributed by atoms with Crippen molar-refractivity contribution in [1.29, 1.82) is 0 Å². The molecule has 0 amide bonds. The third-order valence-electron chi connectivity index (χ3n) is 25.2. The fourth-order valence-electron chi connectivity index (χ4n) is 17.2. The first-order valence-electron chi connectivity index (χ1n) is 42.3. The van der Waals surface area contributed by atoms with Crippen molar-refractivity contribution in [1.82, 2.24) is 29.5 Å². The quantitative estimate of drug-likeness (QED) is 0.123. The first kappa shape index (κ1) is 85.3. The molecular weight excluding hydrogens is 1470 g/mol. The number of rotatable bonds is 10. The second-order valence-corrected chi connectivity index (χ2v) is 34.2. The van der Waals surface area contributed by atoms with Gasteiger partial charge in [0.25, 0.3) is 5.82 Å². The maximum absolute atomic E-state index is 4.47. The molecule has 5 aliphatic heterocycles. The van der Waals surface area contributed by atoms with E-state index in [1.807, 2.05) is 12.3 Å². The lowest BCUT2D eigenvalue weighted by molar-refractivity contribution is -0.606. The van der Waals surface area contributed by atoms with Crippen molar-refractivity contribution in [2.24, 2.45) is 0 Å². The summed E-state index contributed by atoms with van der Waals surface area (Å²) in [7, 11) is 10.6. The van der Waals surface area contributed by atoms with Crippen molar-refractivity contribution in [3.05, 3.63) is 348 Å². The molecule has 120 heavy (non-hydrogen) atoms. The van der Waals surface area contributed by atoms with Crippen molar-refractivity contribution in [2.75, 3.05) is 59.7 Å². The standard InChI is InChI=1S/2C22H24N3.C21H29N4.C20H26N3.C19H24N3/c1-16-9-7-8-12-24(16)22-17(2)21(25-14-13-23(4)18(25)3)15-19-10-5-6-11-20(19)22;1-16-9-7-8-12-24(16)21-15-19-10-5-6-11-20(19)22(17(21)2)25-14-13-23(4)18(25)3;1-15-19(24-10-8-9-22-16(24)2)13-18(21(4,5)6)14-20(15)25-12-11-23(7)17(25)3;1-14-13-15(2)20(23-12-11-21(6)18(23)5)17(4)19(14)22-10-8-7-9-16(22)3;1-14-12-18(21-9-7-6-8-15(21)2)16(3)19(13-14)22-11-10-20(5)17(22)4/h2*5-15,18H,1-4H3;8-14,17H,1-7H3;7-13,18H,1-6H3;6-13,17H,1-5H3/q5*+1/t2*18-;17-;18-;17-/m11111/s1. The average molecular weight is 1600 g/mol. The Morgan fingerprint density at radius 2 is 0.675 bits per heavy atom. The molecule has 5 aliphatic rings. The van der Waals surface area contributed by atoms with Crippen LogP contribution in [0.3, 0.4) is 0 Å². The number of benzene rings is 7. The van der Waals surface area contributed by atoms with Gasteiger partial charge in [0.05, 0.1) is 28.1 Å². The molecule has 618 valence electrons. The first-order chi connectivity index (χ1) is 57.2. The van der Waals surface area contributed by atoms with Gasteiger partial charge in [-0.25, -0.2) is 4.57 Å². The van der Waals surface area contributed by atoms with Crippen LogP contribution >= 0.6 is 0 Å². The van der Waals surface area contributed by atoms with Gasteiger partial charge in [-0.3, -0.25) is 0 Å². The zero-order valence-corrected chi connectivity index (χ0v) is 75.9. The largest absolute Gasteiger partial charge is 0.359 e. The molecule has 0 bridgehead atoms. The zero-order valence-electron chi connectivity index (χ0n) is 75.9. The third-order valence-corrected chi connectivity index (χ3v) is 25.2. The molecule has 17 rings (SSSR count). The van der Waals surface area contributed by atoms with Gasteiger partial charge in [0.2, 0.25) is 22.7 Å². The Morgan fingerprint density at radius 3 is 1.12 bits per heavy atom. The zero-order chi connectivity index (χ0) is 86.0. The van der Waals surface area contributed by atoms with E-state index in [0.29, 0.717) is 30.8 Å². The van der Waals surface area contributed by atoms with Crippen molar-refractivity contribution in [3.8, 4) is 28.4 Å². The highest BCUT2D eigenvalue weighted by Crippen LogP contribution is 2.41. The maximum Gasteiger partial charge on any atom is 0.300 e. The van der Waals surface area contributed by atoms with Gasteiger partial charge in [0, 0.05) is 243 Å². The van der Waals surface area contributed by atoms with Crippen LogP contribution in [0.2, 0.25) is 0 Å². The van der Waals surface area contributed by atoms with Crippen LogP contribution in [0.5, 0.6) is 0 Å². The lowest BCUT2D eigenvalue weighted by Gasteiger charge is -2.30. The van der Waals surface area contributed by atoms with Gasteiger partial charge >= 0.3 is 0 Å². The van der Waals surface area contributed by atoms with Crippen LogP contribution in [0.1, 0.15) is 134 Å². The number of nitrogens with zero attached hydrogens (tertiary/aromatic N) is 16. The van der Waals surface area contributed by atoms with Gasteiger partial charge in [-0.1, -0.05) is 92.5 Å².